The molecule has 6 heteroatoms. The molecule has 5 nitrogen and oxygen atoms in total. The first-order valence-electron chi connectivity index (χ1n) is 8.95. The molecule has 2 aromatic carbocycles. The summed E-state index contributed by atoms with van der Waals surface area (Å²) >= 11 is 1.41. The number of hydrogen-bond acceptors (Lipinski definition) is 4. The molecular formula is C21H22N2O3S. The number of carbonyl (C=O) groups excluding carboxylic acids is 2. The molecule has 0 saturated heterocycles. The highest BCUT2D eigenvalue weighted by Gasteiger charge is 2.12. The first-order valence-corrected chi connectivity index (χ1v) is 9.77. The van der Waals surface area contributed by atoms with Crippen molar-refractivity contribution in [1.82, 2.24) is 4.57 Å². The normalized spacial score (nSPS) is 11.7. The average molecular weight is 382 g/mol. The van der Waals surface area contributed by atoms with Gasteiger partial charge < -0.3 is 9.30 Å². The van der Waals surface area contributed by atoms with E-state index >= 15 is 0 Å². The molecule has 0 fully saturated rings. The van der Waals surface area contributed by atoms with Crippen molar-refractivity contribution in [3.05, 3.63) is 64.0 Å². The Bertz CT molecular complexity index is 1050. The molecule has 0 aliphatic carbocycles. The van der Waals surface area contributed by atoms with Crippen LogP contribution in [0.3, 0.4) is 0 Å². The van der Waals surface area contributed by atoms with Gasteiger partial charge in [-0.25, -0.2) is 4.79 Å². The second-order valence-electron chi connectivity index (χ2n) is 6.20. The molecule has 0 aliphatic rings. The third-order valence-electron chi connectivity index (χ3n) is 4.21. The summed E-state index contributed by atoms with van der Waals surface area (Å²) in [5.41, 5.74) is 3.57. The molecule has 0 unspecified atom stereocenters. The van der Waals surface area contributed by atoms with Crippen LogP contribution in [0.2, 0.25) is 0 Å². The maximum atomic E-state index is 12.4. The van der Waals surface area contributed by atoms with E-state index in [1.54, 1.807) is 19.1 Å². The lowest BCUT2D eigenvalue weighted by molar-refractivity contribution is -0.117. The van der Waals surface area contributed by atoms with Gasteiger partial charge in [0.1, 0.15) is 0 Å². The predicted octanol–water partition coefficient (Wildman–Crippen LogP) is 3.88. The Morgan fingerprint density at radius 3 is 2.52 bits per heavy atom. The largest absolute Gasteiger partial charge is 0.462 e. The van der Waals surface area contributed by atoms with E-state index in [0.29, 0.717) is 23.5 Å². The van der Waals surface area contributed by atoms with E-state index in [1.165, 1.54) is 11.3 Å². The summed E-state index contributed by atoms with van der Waals surface area (Å²) in [6, 6.07) is 13.3. The van der Waals surface area contributed by atoms with E-state index in [-0.39, 0.29) is 18.3 Å². The highest BCUT2D eigenvalue weighted by atomic mass is 32.1. The summed E-state index contributed by atoms with van der Waals surface area (Å²) < 4.78 is 7.96. The molecule has 0 spiro atoms. The quantitative estimate of drug-likeness (QED) is 0.629. The van der Waals surface area contributed by atoms with Crippen molar-refractivity contribution in [3.63, 3.8) is 0 Å². The second-order valence-corrected chi connectivity index (χ2v) is 7.21. The molecule has 0 atom stereocenters. The first kappa shape index (κ1) is 19.0. The molecule has 140 valence electrons. The number of aromatic nitrogens is 1. The predicted molar refractivity (Wildman–Crippen MR) is 107 cm³/mol. The molecule has 1 aromatic heterocycles. The number of rotatable bonds is 5. The van der Waals surface area contributed by atoms with E-state index in [0.717, 1.165) is 21.3 Å². The molecule has 0 N–H and O–H groups in total. The van der Waals surface area contributed by atoms with Crippen LogP contribution in [-0.2, 0) is 22.5 Å². The maximum Gasteiger partial charge on any atom is 0.338 e. The molecule has 0 bridgehead atoms. The molecule has 27 heavy (non-hydrogen) atoms. The number of esters is 1. The summed E-state index contributed by atoms with van der Waals surface area (Å²) in [5, 5.41) is 0. The number of hydrogen-bond donors (Lipinski definition) is 0. The molecular weight excluding hydrogens is 360 g/mol. The van der Waals surface area contributed by atoms with Crippen molar-refractivity contribution in [3.8, 4) is 0 Å². The fourth-order valence-corrected chi connectivity index (χ4v) is 3.98. The number of aryl methyl sites for hydroxylation is 2. The van der Waals surface area contributed by atoms with Crippen molar-refractivity contribution >= 4 is 33.4 Å². The summed E-state index contributed by atoms with van der Waals surface area (Å²) in [6.45, 7) is 6.83. The Kier molecular flexibility index (Phi) is 5.86. The van der Waals surface area contributed by atoms with Crippen molar-refractivity contribution in [1.29, 1.82) is 0 Å². The summed E-state index contributed by atoms with van der Waals surface area (Å²) in [7, 11) is 0. The van der Waals surface area contributed by atoms with E-state index in [1.807, 2.05) is 48.7 Å². The minimum Gasteiger partial charge on any atom is -0.462 e. The standard InChI is InChI=1S/C21H22N2O3S/c1-4-23-17-11-10-16(20(25)26-5-2)13-18(17)27-21(23)22-19(24)12-15-8-6-14(3)7-9-15/h6-11,13H,4-5,12H2,1-3H3. The third-order valence-corrected chi connectivity index (χ3v) is 5.25. The maximum absolute atomic E-state index is 12.4. The van der Waals surface area contributed by atoms with Gasteiger partial charge in [-0.05, 0) is 44.5 Å². The molecule has 1 heterocycles. The van der Waals surface area contributed by atoms with Crippen LogP contribution < -0.4 is 4.80 Å². The molecule has 0 radical (unpaired) electrons. The Labute approximate surface area is 161 Å². The SMILES string of the molecule is CCOC(=O)c1ccc2c(c1)sc(=NC(=O)Cc1ccc(C)cc1)n2CC. The number of amides is 1. The molecule has 3 rings (SSSR count). The van der Waals surface area contributed by atoms with Gasteiger partial charge in [-0.15, -0.1) is 0 Å². The zero-order valence-electron chi connectivity index (χ0n) is 15.7. The number of benzene rings is 2. The molecule has 0 saturated carbocycles. The van der Waals surface area contributed by atoms with Gasteiger partial charge in [0.25, 0.3) is 5.91 Å². The van der Waals surface area contributed by atoms with Gasteiger partial charge in [-0.3, -0.25) is 4.79 Å². The highest BCUT2D eigenvalue weighted by Crippen LogP contribution is 2.20. The minimum atomic E-state index is -0.343. The fraction of sp³-hybridized carbons (Fsp3) is 0.286. The number of nitrogens with zero attached hydrogens (tertiary/aromatic N) is 2. The minimum absolute atomic E-state index is 0.182. The number of fused-ring (bicyclic) bond motifs is 1. The van der Waals surface area contributed by atoms with E-state index in [4.69, 9.17) is 4.74 Å². The Balaban J connectivity index is 1.94. The Morgan fingerprint density at radius 2 is 1.85 bits per heavy atom. The van der Waals surface area contributed by atoms with Crippen molar-refractivity contribution in [2.24, 2.45) is 4.99 Å². The lowest BCUT2D eigenvalue weighted by atomic mass is 10.1. The van der Waals surface area contributed by atoms with Crippen LogP contribution in [0.4, 0.5) is 0 Å². The lowest BCUT2D eigenvalue weighted by Crippen LogP contribution is -2.16. The van der Waals surface area contributed by atoms with E-state index < -0.39 is 0 Å². The monoisotopic (exact) mass is 382 g/mol. The molecule has 1 amide bonds. The highest BCUT2D eigenvalue weighted by molar-refractivity contribution is 7.16. The number of carbonyl (C=O) groups is 2. The van der Waals surface area contributed by atoms with Crippen LogP contribution in [0.15, 0.2) is 47.5 Å². The van der Waals surface area contributed by atoms with Gasteiger partial charge in [0.2, 0.25) is 0 Å². The van der Waals surface area contributed by atoms with Crippen LogP contribution >= 0.6 is 11.3 Å². The van der Waals surface area contributed by atoms with Gasteiger partial charge in [0, 0.05) is 6.54 Å². The molecule has 3 aromatic rings. The topological polar surface area (TPSA) is 60.7 Å². The Morgan fingerprint density at radius 1 is 1.11 bits per heavy atom. The van der Waals surface area contributed by atoms with Crippen LogP contribution in [0, 0.1) is 6.92 Å². The zero-order chi connectivity index (χ0) is 19.4. The summed E-state index contributed by atoms with van der Waals surface area (Å²) in [5.74, 6) is -0.525. The zero-order valence-corrected chi connectivity index (χ0v) is 16.5. The summed E-state index contributed by atoms with van der Waals surface area (Å²) in [6.07, 6.45) is 0.270. The third kappa shape index (κ3) is 4.34. The van der Waals surface area contributed by atoms with Crippen LogP contribution in [-0.4, -0.2) is 23.1 Å². The number of thiazole rings is 1. The van der Waals surface area contributed by atoms with Crippen molar-refractivity contribution in [2.75, 3.05) is 6.61 Å². The van der Waals surface area contributed by atoms with Gasteiger partial charge >= 0.3 is 5.97 Å². The van der Waals surface area contributed by atoms with E-state index in [2.05, 4.69) is 4.99 Å². The first-order chi connectivity index (χ1) is 13.0. The van der Waals surface area contributed by atoms with Gasteiger partial charge in [0.05, 0.1) is 28.8 Å². The van der Waals surface area contributed by atoms with E-state index in [9.17, 15) is 9.59 Å². The second kappa shape index (κ2) is 8.31. The number of ether oxygens (including phenoxy) is 1. The summed E-state index contributed by atoms with van der Waals surface area (Å²) in [4.78, 5) is 29.3. The van der Waals surface area contributed by atoms with Crippen molar-refractivity contribution < 1.29 is 14.3 Å². The average Bonchev–Trinajstić information content (AvgIpc) is 2.99. The lowest BCUT2D eigenvalue weighted by Gasteiger charge is -2.03. The fourth-order valence-electron chi connectivity index (χ4n) is 2.83. The van der Waals surface area contributed by atoms with Crippen LogP contribution in [0.1, 0.15) is 35.3 Å². The van der Waals surface area contributed by atoms with Gasteiger partial charge in [-0.1, -0.05) is 41.2 Å². The van der Waals surface area contributed by atoms with Crippen molar-refractivity contribution in [2.45, 2.75) is 33.7 Å². The van der Waals surface area contributed by atoms with Crippen LogP contribution in [0.5, 0.6) is 0 Å². The van der Waals surface area contributed by atoms with Gasteiger partial charge in [-0.2, -0.15) is 4.99 Å². The smallest absolute Gasteiger partial charge is 0.338 e. The Hall–Kier alpha value is -2.73. The van der Waals surface area contributed by atoms with Crippen LogP contribution in [0.25, 0.3) is 10.2 Å². The van der Waals surface area contributed by atoms with Gasteiger partial charge in [0.15, 0.2) is 4.80 Å². The molecule has 0 aliphatic heterocycles.